The number of carbonyl (C=O) groups is 1. The summed E-state index contributed by atoms with van der Waals surface area (Å²) < 4.78 is 0. The Bertz CT molecular complexity index is 734. The van der Waals surface area contributed by atoms with Crippen LogP contribution in [0.4, 0.5) is 0 Å². The predicted molar refractivity (Wildman–Crippen MR) is 103 cm³/mol. The minimum Gasteiger partial charge on any atom is -0.333 e. The molecule has 0 spiro atoms. The van der Waals surface area contributed by atoms with Gasteiger partial charge in [-0.15, -0.1) is 0 Å². The van der Waals surface area contributed by atoms with Gasteiger partial charge in [0.2, 0.25) is 0 Å². The van der Waals surface area contributed by atoms with Gasteiger partial charge < -0.3 is 9.80 Å². The van der Waals surface area contributed by atoms with Crippen molar-refractivity contribution >= 4 is 5.91 Å². The molecule has 4 nitrogen and oxygen atoms in total. The number of aromatic nitrogens is 1. The van der Waals surface area contributed by atoms with Crippen LogP contribution < -0.4 is 0 Å². The van der Waals surface area contributed by atoms with Crippen molar-refractivity contribution in [2.75, 3.05) is 20.1 Å². The number of hydrogen-bond acceptors (Lipinski definition) is 3. The van der Waals surface area contributed by atoms with Crippen molar-refractivity contribution in [3.05, 3.63) is 66.0 Å². The maximum absolute atomic E-state index is 13.2. The number of hydrogen-bond donors (Lipinski definition) is 0. The Hall–Kier alpha value is -2.20. The van der Waals surface area contributed by atoms with E-state index in [1.807, 2.05) is 18.2 Å². The monoisotopic (exact) mass is 349 g/mol. The first kappa shape index (κ1) is 17.2. The number of piperidine rings is 1. The van der Waals surface area contributed by atoms with Crippen molar-refractivity contribution in [1.29, 1.82) is 0 Å². The first-order valence-electron chi connectivity index (χ1n) is 9.73. The zero-order valence-electron chi connectivity index (χ0n) is 15.4. The number of rotatable bonds is 2. The third-order valence-corrected chi connectivity index (χ3v) is 6.03. The molecule has 3 atom stereocenters. The molecule has 136 valence electrons. The van der Waals surface area contributed by atoms with Gasteiger partial charge in [-0.1, -0.05) is 42.8 Å². The van der Waals surface area contributed by atoms with Crippen molar-refractivity contribution in [2.24, 2.45) is 0 Å². The summed E-state index contributed by atoms with van der Waals surface area (Å²) in [4.78, 5) is 22.1. The SMILES string of the molecule is CN1CCCC[C@@H]2[C@H]1[C@@H](c1ccccc1)CCN2C(=O)c1ccccn1. The maximum Gasteiger partial charge on any atom is 0.272 e. The molecule has 0 bridgehead atoms. The van der Waals surface area contributed by atoms with Gasteiger partial charge in [-0.25, -0.2) is 0 Å². The molecule has 1 amide bonds. The van der Waals surface area contributed by atoms with E-state index in [0.29, 0.717) is 17.7 Å². The molecule has 2 aliphatic heterocycles. The van der Waals surface area contributed by atoms with Gasteiger partial charge in [0.15, 0.2) is 0 Å². The van der Waals surface area contributed by atoms with Gasteiger partial charge in [0.1, 0.15) is 5.69 Å². The van der Waals surface area contributed by atoms with E-state index in [2.05, 4.69) is 52.2 Å². The van der Waals surface area contributed by atoms with E-state index in [1.54, 1.807) is 6.20 Å². The second-order valence-corrected chi connectivity index (χ2v) is 7.55. The summed E-state index contributed by atoms with van der Waals surface area (Å²) in [6.07, 6.45) is 6.18. The molecule has 0 unspecified atom stereocenters. The van der Waals surface area contributed by atoms with E-state index in [4.69, 9.17) is 0 Å². The van der Waals surface area contributed by atoms with Crippen LogP contribution in [0.25, 0.3) is 0 Å². The average molecular weight is 349 g/mol. The van der Waals surface area contributed by atoms with E-state index in [0.717, 1.165) is 25.9 Å². The van der Waals surface area contributed by atoms with Crippen molar-refractivity contribution < 1.29 is 4.79 Å². The molecule has 0 aliphatic carbocycles. The summed E-state index contributed by atoms with van der Waals surface area (Å²) in [7, 11) is 2.23. The van der Waals surface area contributed by atoms with Gasteiger partial charge in [-0.2, -0.15) is 0 Å². The highest BCUT2D eigenvalue weighted by molar-refractivity contribution is 5.92. The first-order valence-corrected chi connectivity index (χ1v) is 9.73. The smallest absolute Gasteiger partial charge is 0.272 e. The largest absolute Gasteiger partial charge is 0.333 e. The number of nitrogens with zero attached hydrogens (tertiary/aromatic N) is 3. The van der Waals surface area contributed by atoms with Crippen molar-refractivity contribution in [2.45, 2.75) is 43.7 Å². The fourth-order valence-corrected chi connectivity index (χ4v) is 4.81. The number of likely N-dealkylation sites (tertiary alicyclic amines) is 2. The highest BCUT2D eigenvalue weighted by atomic mass is 16.2. The Morgan fingerprint density at radius 1 is 1.00 bits per heavy atom. The quantitative estimate of drug-likeness (QED) is 0.832. The van der Waals surface area contributed by atoms with Crippen LogP contribution >= 0.6 is 0 Å². The third-order valence-electron chi connectivity index (χ3n) is 6.03. The van der Waals surface area contributed by atoms with Gasteiger partial charge in [0.05, 0.1) is 0 Å². The van der Waals surface area contributed by atoms with Crippen LogP contribution in [0.1, 0.15) is 47.7 Å². The lowest BCUT2D eigenvalue weighted by Gasteiger charge is -2.48. The zero-order valence-corrected chi connectivity index (χ0v) is 15.4. The van der Waals surface area contributed by atoms with Crippen LogP contribution in [0.5, 0.6) is 0 Å². The summed E-state index contributed by atoms with van der Waals surface area (Å²) in [5.74, 6) is 0.569. The van der Waals surface area contributed by atoms with Gasteiger partial charge in [-0.3, -0.25) is 9.78 Å². The third kappa shape index (κ3) is 3.26. The van der Waals surface area contributed by atoms with Crippen molar-refractivity contribution in [1.82, 2.24) is 14.8 Å². The van der Waals surface area contributed by atoms with Gasteiger partial charge in [0, 0.05) is 30.7 Å². The van der Waals surface area contributed by atoms with Gasteiger partial charge in [-0.05, 0) is 50.6 Å². The number of pyridine rings is 1. The lowest BCUT2D eigenvalue weighted by atomic mass is 9.79. The summed E-state index contributed by atoms with van der Waals surface area (Å²) in [6, 6.07) is 17.1. The molecule has 0 radical (unpaired) electrons. The lowest BCUT2D eigenvalue weighted by molar-refractivity contribution is 0.0313. The standard InChI is InChI=1S/C22H27N3O/c1-24-15-8-6-12-20-21(24)18(17-9-3-2-4-10-17)13-16-25(20)22(26)19-11-5-7-14-23-19/h2-5,7,9-11,14,18,20-21H,6,8,12-13,15-16H2,1H3/t18-,20-,21-/m1/s1. The Balaban J connectivity index is 1.66. The Morgan fingerprint density at radius 2 is 1.81 bits per heavy atom. The van der Waals surface area contributed by atoms with E-state index in [1.165, 1.54) is 18.4 Å². The van der Waals surface area contributed by atoms with Crippen LogP contribution in [-0.4, -0.2) is 52.9 Å². The highest BCUT2D eigenvalue weighted by Crippen LogP contribution is 2.38. The van der Waals surface area contributed by atoms with Crippen LogP contribution in [0.2, 0.25) is 0 Å². The number of fused-ring (bicyclic) bond motifs is 1. The van der Waals surface area contributed by atoms with Crippen molar-refractivity contribution in [3.63, 3.8) is 0 Å². The fourth-order valence-electron chi connectivity index (χ4n) is 4.81. The van der Waals surface area contributed by atoms with Gasteiger partial charge in [0.25, 0.3) is 5.91 Å². The topological polar surface area (TPSA) is 36.4 Å². The van der Waals surface area contributed by atoms with Crippen LogP contribution in [0.3, 0.4) is 0 Å². The molecule has 26 heavy (non-hydrogen) atoms. The molecule has 2 fully saturated rings. The predicted octanol–water partition coefficient (Wildman–Crippen LogP) is 3.56. The Labute approximate surface area is 155 Å². The molecular formula is C22H27N3O. The zero-order chi connectivity index (χ0) is 17.9. The molecule has 2 saturated heterocycles. The molecule has 0 saturated carbocycles. The van der Waals surface area contributed by atoms with E-state index >= 15 is 0 Å². The minimum absolute atomic E-state index is 0.0856. The minimum atomic E-state index is 0.0856. The van der Waals surface area contributed by atoms with E-state index in [-0.39, 0.29) is 11.9 Å². The molecule has 4 heteroatoms. The molecule has 0 N–H and O–H groups in total. The Morgan fingerprint density at radius 3 is 2.58 bits per heavy atom. The summed E-state index contributed by atoms with van der Waals surface area (Å²) in [5, 5.41) is 0. The van der Waals surface area contributed by atoms with Crippen molar-refractivity contribution in [3.8, 4) is 0 Å². The molecule has 1 aromatic carbocycles. The summed E-state index contributed by atoms with van der Waals surface area (Å²) in [5.41, 5.74) is 1.97. The fraction of sp³-hybridized carbons (Fsp3) is 0.455. The molecule has 3 heterocycles. The second kappa shape index (κ2) is 7.58. The average Bonchev–Trinajstić information content (AvgIpc) is 2.90. The number of benzene rings is 1. The number of amides is 1. The van der Waals surface area contributed by atoms with E-state index < -0.39 is 0 Å². The van der Waals surface area contributed by atoms with Crippen LogP contribution in [-0.2, 0) is 0 Å². The number of carbonyl (C=O) groups excluding carboxylic acids is 1. The molecule has 2 aromatic rings. The second-order valence-electron chi connectivity index (χ2n) is 7.55. The van der Waals surface area contributed by atoms with Gasteiger partial charge >= 0.3 is 0 Å². The summed E-state index contributed by atoms with van der Waals surface area (Å²) in [6.45, 7) is 1.92. The van der Waals surface area contributed by atoms with Crippen LogP contribution in [0.15, 0.2) is 54.7 Å². The maximum atomic E-state index is 13.2. The first-order chi connectivity index (χ1) is 12.8. The normalized spacial score (nSPS) is 26.8. The lowest BCUT2D eigenvalue weighted by Crippen LogP contribution is -2.58. The highest BCUT2D eigenvalue weighted by Gasteiger charge is 2.43. The summed E-state index contributed by atoms with van der Waals surface area (Å²) >= 11 is 0. The molecule has 4 rings (SSSR count). The Kier molecular flexibility index (Phi) is 5.02. The molecular weight excluding hydrogens is 322 g/mol. The molecule has 1 aromatic heterocycles. The number of likely N-dealkylation sites (N-methyl/N-ethyl adjacent to an activating group) is 1. The van der Waals surface area contributed by atoms with E-state index in [9.17, 15) is 4.79 Å². The van der Waals surface area contributed by atoms with Crippen LogP contribution in [0, 0.1) is 0 Å². The molecule has 2 aliphatic rings.